The Morgan fingerprint density at radius 1 is 0.897 bits per heavy atom. The number of carbonyl (C=O) groups is 3. The highest BCUT2D eigenvalue weighted by Gasteiger charge is 2.37. The Morgan fingerprint density at radius 3 is 2.36 bits per heavy atom. The van der Waals surface area contributed by atoms with Gasteiger partial charge in [0.25, 0.3) is 11.8 Å². The molecule has 9 heteroatoms. The largest absolute Gasteiger partial charge is 0.497 e. The van der Waals surface area contributed by atoms with E-state index < -0.39 is 11.9 Å². The van der Waals surface area contributed by atoms with Gasteiger partial charge < -0.3 is 24.3 Å². The summed E-state index contributed by atoms with van der Waals surface area (Å²) in [6.07, 6.45) is 1.58. The van der Waals surface area contributed by atoms with Crippen LogP contribution in [0.2, 0.25) is 5.02 Å². The van der Waals surface area contributed by atoms with Gasteiger partial charge in [-0.1, -0.05) is 23.7 Å². The molecule has 3 aromatic carbocycles. The quantitative estimate of drug-likeness (QED) is 0.360. The zero-order chi connectivity index (χ0) is 27.4. The van der Waals surface area contributed by atoms with Gasteiger partial charge in [0.15, 0.2) is 0 Å². The maximum absolute atomic E-state index is 13.5. The molecule has 4 aromatic rings. The van der Waals surface area contributed by atoms with Crippen LogP contribution in [0.25, 0.3) is 11.3 Å². The van der Waals surface area contributed by atoms with E-state index >= 15 is 0 Å². The number of anilines is 1. The monoisotopic (exact) mass is 543 g/mol. The van der Waals surface area contributed by atoms with E-state index in [9.17, 15) is 14.4 Å². The van der Waals surface area contributed by atoms with Crippen LogP contribution in [0.4, 0.5) is 5.69 Å². The minimum atomic E-state index is -0.916. The molecule has 3 amide bonds. The van der Waals surface area contributed by atoms with E-state index in [1.54, 1.807) is 91.1 Å². The van der Waals surface area contributed by atoms with Crippen molar-refractivity contribution in [3.8, 4) is 17.1 Å². The number of methoxy groups -OCH3 is 1. The molecule has 1 unspecified atom stereocenters. The number of nitrogens with zero attached hydrogens (tertiary/aromatic N) is 2. The second-order valence-electron chi connectivity index (χ2n) is 9.05. The summed E-state index contributed by atoms with van der Waals surface area (Å²) in [6, 6.07) is 23.2. The molecule has 0 radical (unpaired) electrons. The molecule has 2 heterocycles. The average Bonchev–Trinajstić information content (AvgIpc) is 3.53. The van der Waals surface area contributed by atoms with Crippen molar-refractivity contribution >= 4 is 35.0 Å². The first-order valence-electron chi connectivity index (χ1n) is 12.4. The summed E-state index contributed by atoms with van der Waals surface area (Å²) in [4.78, 5) is 43.7. The molecule has 1 fully saturated rings. The van der Waals surface area contributed by atoms with E-state index in [4.69, 9.17) is 20.8 Å². The normalized spacial score (nSPS) is 15.1. The van der Waals surface area contributed by atoms with Crippen LogP contribution in [0.1, 0.15) is 20.7 Å². The Bertz CT molecular complexity index is 1470. The van der Waals surface area contributed by atoms with E-state index in [1.807, 2.05) is 12.1 Å². The molecule has 198 valence electrons. The van der Waals surface area contributed by atoms with Gasteiger partial charge in [-0.3, -0.25) is 14.4 Å². The fourth-order valence-corrected chi connectivity index (χ4v) is 4.65. The van der Waals surface area contributed by atoms with Crippen molar-refractivity contribution in [3.63, 3.8) is 0 Å². The molecule has 39 heavy (non-hydrogen) atoms. The molecule has 1 aliphatic rings. The summed E-state index contributed by atoms with van der Waals surface area (Å²) in [6.45, 7) is 0.495. The lowest BCUT2D eigenvalue weighted by molar-refractivity contribution is -0.122. The van der Waals surface area contributed by atoms with Gasteiger partial charge in [0, 0.05) is 40.5 Å². The lowest BCUT2D eigenvalue weighted by Crippen LogP contribution is -2.60. The van der Waals surface area contributed by atoms with Crippen LogP contribution >= 0.6 is 11.6 Å². The van der Waals surface area contributed by atoms with Crippen molar-refractivity contribution in [2.75, 3.05) is 32.1 Å². The first-order chi connectivity index (χ1) is 18.9. The Labute approximate surface area is 230 Å². The lowest BCUT2D eigenvalue weighted by Gasteiger charge is -2.40. The smallest absolute Gasteiger partial charge is 0.254 e. The molecule has 0 bridgehead atoms. The third-order valence-corrected chi connectivity index (χ3v) is 6.85. The second-order valence-corrected chi connectivity index (χ2v) is 9.48. The number of carbonyl (C=O) groups excluding carboxylic acids is 3. The highest BCUT2D eigenvalue weighted by molar-refractivity contribution is 6.30. The van der Waals surface area contributed by atoms with Crippen molar-refractivity contribution < 1.29 is 23.5 Å². The van der Waals surface area contributed by atoms with Gasteiger partial charge in [-0.15, -0.1) is 0 Å². The van der Waals surface area contributed by atoms with Crippen molar-refractivity contribution in [1.82, 2.24) is 9.80 Å². The maximum Gasteiger partial charge on any atom is 0.254 e. The average molecular weight is 544 g/mol. The SMILES string of the molecule is COc1ccc(C(=O)N2CCN(C(=O)c3cccc(-c4ccco4)c3)CC2C(=O)Nc2ccc(Cl)cc2)cc1. The summed E-state index contributed by atoms with van der Waals surface area (Å²) < 4.78 is 10.7. The van der Waals surface area contributed by atoms with Crippen molar-refractivity contribution in [2.45, 2.75) is 6.04 Å². The van der Waals surface area contributed by atoms with Crippen LogP contribution in [0.15, 0.2) is 95.6 Å². The summed E-state index contributed by atoms with van der Waals surface area (Å²) in [7, 11) is 1.55. The first-order valence-corrected chi connectivity index (χ1v) is 12.8. The number of halogens is 1. The Kier molecular flexibility index (Phi) is 7.65. The number of piperazine rings is 1. The topological polar surface area (TPSA) is 92.1 Å². The molecule has 1 aliphatic heterocycles. The van der Waals surface area contributed by atoms with E-state index in [-0.39, 0.29) is 31.4 Å². The third-order valence-electron chi connectivity index (χ3n) is 6.60. The van der Waals surface area contributed by atoms with E-state index in [0.29, 0.717) is 33.3 Å². The Morgan fingerprint density at radius 2 is 1.67 bits per heavy atom. The zero-order valence-electron chi connectivity index (χ0n) is 21.2. The molecule has 1 saturated heterocycles. The van der Waals surface area contributed by atoms with E-state index in [0.717, 1.165) is 5.56 Å². The van der Waals surface area contributed by atoms with Crippen molar-refractivity contribution in [3.05, 3.63) is 107 Å². The minimum absolute atomic E-state index is 0.0329. The second kappa shape index (κ2) is 11.4. The molecule has 5 rings (SSSR count). The van der Waals surface area contributed by atoms with Gasteiger partial charge in [-0.25, -0.2) is 0 Å². The fourth-order valence-electron chi connectivity index (χ4n) is 4.52. The zero-order valence-corrected chi connectivity index (χ0v) is 21.9. The summed E-state index contributed by atoms with van der Waals surface area (Å²) in [5, 5.41) is 3.40. The molecule has 1 aromatic heterocycles. The number of hydrogen-bond acceptors (Lipinski definition) is 5. The van der Waals surface area contributed by atoms with Gasteiger partial charge in [-0.2, -0.15) is 0 Å². The van der Waals surface area contributed by atoms with Gasteiger partial charge >= 0.3 is 0 Å². The third kappa shape index (κ3) is 5.81. The summed E-state index contributed by atoms with van der Waals surface area (Å²) >= 11 is 5.98. The van der Waals surface area contributed by atoms with E-state index in [2.05, 4.69) is 5.32 Å². The summed E-state index contributed by atoms with van der Waals surface area (Å²) in [5.41, 5.74) is 2.20. The van der Waals surface area contributed by atoms with Crippen LogP contribution < -0.4 is 10.1 Å². The summed E-state index contributed by atoms with van der Waals surface area (Å²) in [5.74, 6) is 0.335. The lowest BCUT2D eigenvalue weighted by atomic mass is 10.0. The molecular formula is C30H26ClN3O5. The van der Waals surface area contributed by atoms with Crippen molar-refractivity contribution in [2.24, 2.45) is 0 Å². The van der Waals surface area contributed by atoms with E-state index in [1.165, 1.54) is 4.90 Å². The number of amides is 3. The predicted octanol–water partition coefficient (Wildman–Crippen LogP) is 5.21. The number of nitrogens with one attached hydrogen (secondary N) is 1. The van der Waals surface area contributed by atoms with Crippen LogP contribution in [0.5, 0.6) is 5.75 Å². The first kappa shape index (κ1) is 26.1. The predicted molar refractivity (Wildman–Crippen MR) is 148 cm³/mol. The Hall–Kier alpha value is -4.56. The molecular weight excluding hydrogens is 518 g/mol. The number of benzene rings is 3. The number of furan rings is 1. The minimum Gasteiger partial charge on any atom is -0.497 e. The van der Waals surface area contributed by atoms with Gasteiger partial charge in [0.05, 0.1) is 19.9 Å². The molecule has 8 nitrogen and oxygen atoms in total. The molecule has 0 spiro atoms. The van der Waals surface area contributed by atoms with Gasteiger partial charge in [0.2, 0.25) is 5.91 Å². The highest BCUT2D eigenvalue weighted by atomic mass is 35.5. The standard InChI is InChI=1S/C30H26ClN3O5/c1-38-25-13-7-20(8-14-25)30(37)34-16-15-33(19-26(34)28(35)32-24-11-9-23(31)10-12-24)29(36)22-5-2-4-21(18-22)27-6-3-17-39-27/h2-14,17-18,26H,15-16,19H2,1H3,(H,32,35). The molecule has 0 saturated carbocycles. The Balaban J connectivity index is 1.40. The molecule has 1 atom stereocenters. The van der Waals surface area contributed by atoms with Crippen LogP contribution in [-0.4, -0.2) is 60.3 Å². The maximum atomic E-state index is 13.5. The van der Waals surface area contributed by atoms with Crippen LogP contribution in [0.3, 0.4) is 0 Å². The number of hydrogen-bond donors (Lipinski definition) is 1. The molecule has 1 N–H and O–H groups in total. The van der Waals surface area contributed by atoms with Crippen molar-refractivity contribution in [1.29, 1.82) is 0 Å². The highest BCUT2D eigenvalue weighted by Crippen LogP contribution is 2.24. The number of ether oxygens (including phenoxy) is 1. The number of rotatable bonds is 6. The fraction of sp³-hybridized carbons (Fsp3) is 0.167. The van der Waals surface area contributed by atoms with Gasteiger partial charge in [-0.05, 0) is 72.8 Å². The van der Waals surface area contributed by atoms with Gasteiger partial charge in [0.1, 0.15) is 17.6 Å². The van der Waals surface area contributed by atoms with Crippen LogP contribution in [-0.2, 0) is 4.79 Å². The van der Waals surface area contributed by atoms with Crippen LogP contribution in [0, 0.1) is 0 Å². The molecule has 0 aliphatic carbocycles.